The van der Waals surface area contributed by atoms with Crippen molar-refractivity contribution in [1.29, 1.82) is 0 Å². The van der Waals surface area contributed by atoms with E-state index in [-0.39, 0.29) is 5.82 Å². The molecule has 0 radical (unpaired) electrons. The van der Waals surface area contributed by atoms with E-state index < -0.39 is 16.7 Å². The van der Waals surface area contributed by atoms with Crippen molar-refractivity contribution in [3.63, 3.8) is 0 Å². The van der Waals surface area contributed by atoms with Crippen LogP contribution in [0.15, 0.2) is 53.4 Å². The van der Waals surface area contributed by atoms with Gasteiger partial charge in [-0.2, -0.15) is 0 Å². The van der Waals surface area contributed by atoms with Crippen molar-refractivity contribution in [3.05, 3.63) is 64.9 Å². The molecule has 1 N–H and O–H groups in total. The SMILES string of the molecule is CS(=O)c1c(Cl)cccc1NC(=O)/C=C/c1ccc(F)cc1. The summed E-state index contributed by atoms with van der Waals surface area (Å²) in [6.45, 7) is 0. The molecule has 0 bridgehead atoms. The lowest BCUT2D eigenvalue weighted by atomic mass is 10.2. The molecule has 2 aromatic carbocycles. The number of benzene rings is 2. The molecule has 0 saturated heterocycles. The lowest BCUT2D eigenvalue weighted by molar-refractivity contribution is -0.111. The third-order valence-electron chi connectivity index (χ3n) is 2.81. The number of carbonyl (C=O) groups is 1. The fraction of sp³-hybridized carbons (Fsp3) is 0.0625. The molecule has 0 aliphatic carbocycles. The molecule has 2 aromatic rings. The summed E-state index contributed by atoms with van der Waals surface area (Å²) in [5.74, 6) is -0.728. The van der Waals surface area contributed by atoms with E-state index in [0.717, 1.165) is 0 Å². The van der Waals surface area contributed by atoms with Gasteiger partial charge in [0.05, 0.1) is 26.4 Å². The Morgan fingerprint density at radius 3 is 2.55 bits per heavy atom. The summed E-state index contributed by atoms with van der Waals surface area (Å²) < 4.78 is 24.5. The van der Waals surface area contributed by atoms with Gasteiger partial charge in [0.2, 0.25) is 5.91 Å². The third kappa shape index (κ3) is 4.26. The minimum Gasteiger partial charge on any atom is -0.321 e. The Labute approximate surface area is 135 Å². The summed E-state index contributed by atoms with van der Waals surface area (Å²) in [6.07, 6.45) is 4.36. The van der Waals surface area contributed by atoms with Crippen LogP contribution >= 0.6 is 11.6 Å². The van der Waals surface area contributed by atoms with Gasteiger partial charge >= 0.3 is 0 Å². The molecular formula is C16H13ClFNO2S. The van der Waals surface area contributed by atoms with Crippen LogP contribution in [0.4, 0.5) is 10.1 Å². The smallest absolute Gasteiger partial charge is 0.248 e. The average molecular weight is 338 g/mol. The highest BCUT2D eigenvalue weighted by molar-refractivity contribution is 7.84. The fourth-order valence-electron chi connectivity index (χ4n) is 1.82. The van der Waals surface area contributed by atoms with E-state index >= 15 is 0 Å². The molecule has 114 valence electrons. The van der Waals surface area contributed by atoms with E-state index in [0.29, 0.717) is 21.2 Å². The monoisotopic (exact) mass is 337 g/mol. The van der Waals surface area contributed by atoms with E-state index in [1.165, 1.54) is 24.5 Å². The second-order valence-electron chi connectivity index (χ2n) is 4.44. The van der Waals surface area contributed by atoms with Crippen molar-refractivity contribution in [1.82, 2.24) is 0 Å². The van der Waals surface area contributed by atoms with Crippen LogP contribution in [0.3, 0.4) is 0 Å². The highest BCUT2D eigenvalue weighted by Gasteiger charge is 2.11. The van der Waals surface area contributed by atoms with Crippen molar-refractivity contribution < 1.29 is 13.4 Å². The van der Waals surface area contributed by atoms with Crippen LogP contribution < -0.4 is 5.32 Å². The first-order valence-electron chi connectivity index (χ1n) is 6.34. The number of amides is 1. The van der Waals surface area contributed by atoms with Gasteiger partial charge in [0.15, 0.2) is 0 Å². The molecule has 1 atom stereocenters. The molecule has 0 aromatic heterocycles. The molecule has 0 aliphatic rings. The van der Waals surface area contributed by atoms with Gasteiger partial charge in [0, 0.05) is 12.3 Å². The van der Waals surface area contributed by atoms with E-state index in [2.05, 4.69) is 5.32 Å². The molecule has 0 saturated carbocycles. The fourth-order valence-corrected chi connectivity index (χ4v) is 3.09. The summed E-state index contributed by atoms with van der Waals surface area (Å²) >= 11 is 6.00. The van der Waals surface area contributed by atoms with E-state index in [1.54, 1.807) is 36.4 Å². The van der Waals surface area contributed by atoms with Gasteiger partial charge in [0.25, 0.3) is 0 Å². The maximum absolute atomic E-state index is 12.8. The number of hydrogen-bond donors (Lipinski definition) is 1. The number of carbonyl (C=O) groups excluding carboxylic acids is 1. The Balaban J connectivity index is 2.14. The molecule has 22 heavy (non-hydrogen) atoms. The summed E-state index contributed by atoms with van der Waals surface area (Å²) in [5, 5.41) is 2.97. The van der Waals surface area contributed by atoms with Crippen molar-refractivity contribution in [2.45, 2.75) is 4.90 Å². The maximum Gasteiger partial charge on any atom is 0.248 e. The number of rotatable bonds is 4. The molecule has 1 unspecified atom stereocenters. The minimum atomic E-state index is -1.32. The standard InChI is InChI=1S/C16H13ClFNO2S/c1-22(21)16-13(17)3-2-4-14(16)19-15(20)10-7-11-5-8-12(18)9-6-11/h2-10H,1H3,(H,19,20)/b10-7+. The Kier molecular flexibility index (Phi) is 5.46. The molecule has 0 spiro atoms. The minimum absolute atomic E-state index is 0.334. The van der Waals surface area contributed by atoms with Crippen LogP contribution in [-0.2, 0) is 15.6 Å². The normalized spacial score (nSPS) is 12.3. The van der Waals surface area contributed by atoms with Crippen LogP contribution in [0.25, 0.3) is 6.08 Å². The molecular weight excluding hydrogens is 325 g/mol. The molecule has 0 heterocycles. The van der Waals surface area contributed by atoms with E-state index in [4.69, 9.17) is 11.6 Å². The van der Waals surface area contributed by atoms with Gasteiger partial charge in [-0.15, -0.1) is 0 Å². The number of halogens is 2. The Morgan fingerprint density at radius 1 is 1.23 bits per heavy atom. The second kappa shape index (κ2) is 7.33. The molecule has 0 aliphatic heterocycles. The van der Waals surface area contributed by atoms with Gasteiger partial charge in [0.1, 0.15) is 5.82 Å². The highest BCUT2D eigenvalue weighted by Crippen LogP contribution is 2.27. The zero-order valence-electron chi connectivity index (χ0n) is 11.7. The van der Waals surface area contributed by atoms with Crippen LogP contribution in [0.2, 0.25) is 5.02 Å². The van der Waals surface area contributed by atoms with Crippen molar-refractivity contribution in [3.8, 4) is 0 Å². The number of nitrogens with one attached hydrogen (secondary N) is 1. The summed E-state index contributed by atoms with van der Waals surface area (Å²) in [7, 11) is -1.32. The predicted molar refractivity (Wildman–Crippen MR) is 87.8 cm³/mol. The summed E-state index contributed by atoms with van der Waals surface area (Å²) in [4.78, 5) is 12.3. The van der Waals surface area contributed by atoms with Gasteiger partial charge in [-0.25, -0.2) is 4.39 Å². The topological polar surface area (TPSA) is 46.2 Å². The average Bonchev–Trinajstić information content (AvgIpc) is 2.46. The highest BCUT2D eigenvalue weighted by atomic mass is 35.5. The van der Waals surface area contributed by atoms with Crippen LogP contribution in [-0.4, -0.2) is 16.4 Å². The number of hydrogen-bond acceptors (Lipinski definition) is 2. The summed E-state index contributed by atoms with van der Waals surface area (Å²) in [6, 6.07) is 10.7. The Bertz CT molecular complexity index is 744. The maximum atomic E-state index is 12.8. The third-order valence-corrected chi connectivity index (χ3v) is 4.25. The van der Waals surface area contributed by atoms with Gasteiger partial charge in [-0.3, -0.25) is 9.00 Å². The summed E-state index contributed by atoms with van der Waals surface area (Å²) in [5.41, 5.74) is 1.10. The Morgan fingerprint density at radius 2 is 1.91 bits per heavy atom. The predicted octanol–water partition coefficient (Wildman–Crippen LogP) is 3.87. The van der Waals surface area contributed by atoms with Gasteiger partial charge in [-0.05, 0) is 35.9 Å². The quantitative estimate of drug-likeness (QED) is 0.861. The number of anilines is 1. The zero-order valence-corrected chi connectivity index (χ0v) is 13.2. The first-order chi connectivity index (χ1) is 10.5. The Hall–Kier alpha value is -1.98. The van der Waals surface area contributed by atoms with Crippen molar-refractivity contribution >= 4 is 40.1 Å². The molecule has 1 amide bonds. The van der Waals surface area contributed by atoms with Gasteiger partial charge in [-0.1, -0.05) is 29.8 Å². The lowest BCUT2D eigenvalue weighted by Crippen LogP contribution is -2.10. The lowest BCUT2D eigenvalue weighted by Gasteiger charge is -2.09. The molecule has 0 fully saturated rings. The van der Waals surface area contributed by atoms with Crippen LogP contribution in [0.1, 0.15) is 5.56 Å². The second-order valence-corrected chi connectivity index (χ2v) is 6.17. The van der Waals surface area contributed by atoms with Crippen molar-refractivity contribution in [2.24, 2.45) is 0 Å². The zero-order chi connectivity index (χ0) is 16.1. The van der Waals surface area contributed by atoms with Crippen LogP contribution in [0.5, 0.6) is 0 Å². The van der Waals surface area contributed by atoms with Crippen molar-refractivity contribution in [2.75, 3.05) is 11.6 Å². The molecule has 2 rings (SSSR count). The largest absolute Gasteiger partial charge is 0.321 e. The molecule has 3 nitrogen and oxygen atoms in total. The first kappa shape index (κ1) is 16.4. The van der Waals surface area contributed by atoms with E-state index in [9.17, 15) is 13.4 Å². The van der Waals surface area contributed by atoms with Gasteiger partial charge < -0.3 is 5.32 Å². The van der Waals surface area contributed by atoms with Crippen LogP contribution in [0, 0.1) is 5.82 Å². The molecule has 6 heteroatoms. The van der Waals surface area contributed by atoms with E-state index in [1.807, 2.05) is 0 Å². The first-order valence-corrected chi connectivity index (χ1v) is 8.27.